The van der Waals surface area contributed by atoms with E-state index in [0.29, 0.717) is 17.3 Å². The lowest BCUT2D eigenvalue weighted by molar-refractivity contribution is -0.129. The molecule has 3 fully saturated rings. The van der Waals surface area contributed by atoms with Gasteiger partial charge in [-0.05, 0) is 112 Å². The van der Waals surface area contributed by atoms with Crippen molar-refractivity contribution in [2.45, 2.75) is 105 Å². The molecule has 4 aliphatic carbocycles. The molecule has 0 unspecified atom stereocenters. The molecule has 3 saturated carbocycles. The van der Waals surface area contributed by atoms with Crippen LogP contribution in [0, 0.1) is 40.4 Å². The van der Waals surface area contributed by atoms with Gasteiger partial charge in [-0.1, -0.05) is 44.1 Å². The number of rotatable bonds is 4. The van der Waals surface area contributed by atoms with Crippen LogP contribution in [0.25, 0.3) is 0 Å². The first kappa shape index (κ1) is 21.6. The standard InChI is InChI=1S/C27H44O2/c1-17(2)7-6-8-18(3)22-11-12-23-21-10-9-19-15-20(28)13-14-26(19,4)25(21)24(29)16-27(22,23)5/h7,9,18,20-25,28-29H,6,8,10-16H2,1-5H3/t18-,20+,21+,22-,23+,24+,25-,26+,27-/m1/s1. The lowest BCUT2D eigenvalue weighted by Gasteiger charge is -2.60. The molecule has 0 spiro atoms. The Bertz CT molecular complexity index is 674. The predicted molar refractivity (Wildman–Crippen MR) is 120 cm³/mol. The predicted octanol–water partition coefficient (Wildman–Crippen LogP) is 6.28. The van der Waals surface area contributed by atoms with Crippen molar-refractivity contribution in [3.8, 4) is 0 Å². The van der Waals surface area contributed by atoms with Gasteiger partial charge in [0.15, 0.2) is 0 Å². The summed E-state index contributed by atoms with van der Waals surface area (Å²) in [6.45, 7) is 11.8. The van der Waals surface area contributed by atoms with Gasteiger partial charge in [0, 0.05) is 0 Å². The van der Waals surface area contributed by atoms with E-state index < -0.39 is 0 Å². The third kappa shape index (κ3) is 3.57. The average Bonchev–Trinajstić information content (AvgIpc) is 2.98. The molecule has 9 atom stereocenters. The Morgan fingerprint density at radius 1 is 1.21 bits per heavy atom. The van der Waals surface area contributed by atoms with Gasteiger partial charge in [0.25, 0.3) is 0 Å². The quantitative estimate of drug-likeness (QED) is 0.545. The maximum Gasteiger partial charge on any atom is 0.0585 e. The zero-order chi connectivity index (χ0) is 21.0. The summed E-state index contributed by atoms with van der Waals surface area (Å²) >= 11 is 0. The van der Waals surface area contributed by atoms with Gasteiger partial charge >= 0.3 is 0 Å². The van der Waals surface area contributed by atoms with Crippen molar-refractivity contribution in [1.29, 1.82) is 0 Å². The van der Waals surface area contributed by atoms with Gasteiger partial charge in [-0.25, -0.2) is 0 Å². The fourth-order valence-electron chi connectivity index (χ4n) is 8.58. The number of hydrogen-bond acceptors (Lipinski definition) is 2. The highest BCUT2D eigenvalue weighted by Gasteiger charge is 2.61. The molecule has 0 saturated heterocycles. The second kappa shape index (κ2) is 7.83. The summed E-state index contributed by atoms with van der Waals surface area (Å²) in [5, 5.41) is 21.7. The molecule has 2 heteroatoms. The minimum atomic E-state index is -0.184. The molecule has 4 aliphatic rings. The minimum absolute atomic E-state index is 0.107. The van der Waals surface area contributed by atoms with Crippen molar-refractivity contribution in [1.82, 2.24) is 0 Å². The topological polar surface area (TPSA) is 40.5 Å². The summed E-state index contributed by atoms with van der Waals surface area (Å²) in [6.07, 6.45) is 14.6. The van der Waals surface area contributed by atoms with E-state index in [1.165, 1.54) is 36.8 Å². The number of allylic oxidation sites excluding steroid dienone is 3. The Morgan fingerprint density at radius 2 is 1.97 bits per heavy atom. The molecule has 164 valence electrons. The van der Waals surface area contributed by atoms with Crippen molar-refractivity contribution in [2.24, 2.45) is 40.4 Å². The molecule has 4 rings (SSSR count). The molecule has 0 heterocycles. The van der Waals surface area contributed by atoms with Crippen LogP contribution >= 0.6 is 0 Å². The number of fused-ring (bicyclic) bond motifs is 5. The summed E-state index contributed by atoms with van der Waals surface area (Å²) in [6, 6.07) is 0. The summed E-state index contributed by atoms with van der Waals surface area (Å²) in [4.78, 5) is 0. The molecule has 0 aliphatic heterocycles. The number of aliphatic hydroxyl groups excluding tert-OH is 2. The Balaban J connectivity index is 1.56. The minimum Gasteiger partial charge on any atom is -0.393 e. The van der Waals surface area contributed by atoms with Gasteiger partial charge in [-0.3, -0.25) is 0 Å². The first-order valence-corrected chi connectivity index (χ1v) is 12.4. The van der Waals surface area contributed by atoms with Gasteiger partial charge in [0.1, 0.15) is 0 Å². The van der Waals surface area contributed by atoms with Crippen LogP contribution in [0.3, 0.4) is 0 Å². The summed E-state index contributed by atoms with van der Waals surface area (Å²) in [5.74, 6) is 3.27. The second-order valence-electron chi connectivity index (χ2n) is 11.9. The van der Waals surface area contributed by atoms with Crippen LogP contribution < -0.4 is 0 Å². The maximum absolute atomic E-state index is 11.5. The highest BCUT2D eigenvalue weighted by molar-refractivity contribution is 5.26. The number of hydrogen-bond donors (Lipinski definition) is 2. The van der Waals surface area contributed by atoms with Gasteiger partial charge in [0.05, 0.1) is 12.2 Å². The Hall–Kier alpha value is -0.600. The SMILES string of the molecule is CC(C)=CCC[C@@H](C)[C@H]1CC[C@H]2[C@@H]3CC=C4C[C@@H](O)CC[C@]4(C)[C@H]3[C@@H](O)C[C@]12C. The molecule has 0 aromatic carbocycles. The Labute approximate surface area is 178 Å². The molecule has 0 bridgehead atoms. The van der Waals surface area contributed by atoms with Crippen molar-refractivity contribution in [3.05, 3.63) is 23.3 Å². The fraction of sp³-hybridized carbons (Fsp3) is 0.852. The molecule has 0 aromatic heterocycles. The van der Waals surface area contributed by atoms with Crippen LogP contribution in [0.4, 0.5) is 0 Å². The molecule has 0 radical (unpaired) electrons. The zero-order valence-electron chi connectivity index (χ0n) is 19.5. The van der Waals surface area contributed by atoms with Crippen LogP contribution in [-0.4, -0.2) is 22.4 Å². The smallest absolute Gasteiger partial charge is 0.0585 e. The third-order valence-corrected chi connectivity index (χ3v) is 9.94. The van der Waals surface area contributed by atoms with Crippen LogP contribution in [-0.2, 0) is 0 Å². The normalized spacial score (nSPS) is 47.5. The van der Waals surface area contributed by atoms with E-state index in [-0.39, 0.29) is 17.6 Å². The van der Waals surface area contributed by atoms with Crippen molar-refractivity contribution in [2.75, 3.05) is 0 Å². The molecule has 2 nitrogen and oxygen atoms in total. The van der Waals surface area contributed by atoms with E-state index in [0.717, 1.165) is 49.9 Å². The highest BCUT2D eigenvalue weighted by atomic mass is 16.3. The van der Waals surface area contributed by atoms with Crippen LogP contribution in [0.1, 0.15) is 92.4 Å². The molecular formula is C27H44O2. The van der Waals surface area contributed by atoms with E-state index >= 15 is 0 Å². The summed E-state index contributed by atoms with van der Waals surface area (Å²) in [5.41, 5.74) is 3.28. The van der Waals surface area contributed by atoms with Crippen LogP contribution in [0.15, 0.2) is 23.3 Å². The molecule has 0 aromatic rings. The zero-order valence-corrected chi connectivity index (χ0v) is 19.5. The Morgan fingerprint density at radius 3 is 2.69 bits per heavy atom. The first-order valence-electron chi connectivity index (χ1n) is 12.4. The molecule has 2 N–H and O–H groups in total. The van der Waals surface area contributed by atoms with Gasteiger partial charge in [0.2, 0.25) is 0 Å². The van der Waals surface area contributed by atoms with Crippen molar-refractivity contribution in [3.63, 3.8) is 0 Å². The van der Waals surface area contributed by atoms with E-state index in [4.69, 9.17) is 0 Å². The van der Waals surface area contributed by atoms with E-state index in [2.05, 4.69) is 46.8 Å². The van der Waals surface area contributed by atoms with Crippen molar-refractivity contribution >= 4 is 0 Å². The molecular weight excluding hydrogens is 356 g/mol. The Kier molecular flexibility index (Phi) is 5.84. The lowest BCUT2D eigenvalue weighted by atomic mass is 9.46. The monoisotopic (exact) mass is 400 g/mol. The second-order valence-corrected chi connectivity index (χ2v) is 11.9. The van der Waals surface area contributed by atoms with Crippen molar-refractivity contribution < 1.29 is 10.2 Å². The fourth-order valence-corrected chi connectivity index (χ4v) is 8.58. The largest absolute Gasteiger partial charge is 0.393 e. The van der Waals surface area contributed by atoms with Gasteiger partial charge in [-0.15, -0.1) is 0 Å². The lowest BCUT2D eigenvalue weighted by Crippen LogP contribution is -2.56. The van der Waals surface area contributed by atoms with Gasteiger partial charge in [-0.2, -0.15) is 0 Å². The van der Waals surface area contributed by atoms with E-state index in [1.807, 2.05) is 0 Å². The van der Waals surface area contributed by atoms with E-state index in [9.17, 15) is 10.2 Å². The number of aliphatic hydroxyl groups is 2. The highest BCUT2D eigenvalue weighted by Crippen LogP contribution is 2.67. The first-order chi connectivity index (χ1) is 13.7. The maximum atomic E-state index is 11.5. The van der Waals surface area contributed by atoms with E-state index in [1.54, 1.807) is 0 Å². The van der Waals surface area contributed by atoms with Gasteiger partial charge < -0.3 is 10.2 Å². The third-order valence-electron chi connectivity index (χ3n) is 9.94. The van der Waals surface area contributed by atoms with Crippen LogP contribution in [0.5, 0.6) is 0 Å². The molecule has 0 amide bonds. The summed E-state index contributed by atoms with van der Waals surface area (Å²) in [7, 11) is 0. The summed E-state index contributed by atoms with van der Waals surface area (Å²) < 4.78 is 0. The van der Waals surface area contributed by atoms with Crippen LogP contribution in [0.2, 0.25) is 0 Å². The average molecular weight is 401 g/mol. The molecule has 29 heavy (non-hydrogen) atoms.